The molecule has 0 fully saturated rings. The molecule has 0 spiro atoms. The molecule has 0 saturated heterocycles. The van der Waals surface area contributed by atoms with E-state index in [2.05, 4.69) is 15.9 Å². The third-order valence-electron chi connectivity index (χ3n) is 0.978. The summed E-state index contributed by atoms with van der Waals surface area (Å²) in [5.74, 6) is 2.61. The molecular weight excluding hydrogens is 114 g/mol. The average Bonchev–Trinajstić information content (AvgIpc) is 1.82. The lowest BCUT2D eigenvalue weighted by Crippen LogP contribution is -2.07. The van der Waals surface area contributed by atoms with Crippen molar-refractivity contribution in [1.82, 2.24) is 0 Å². The first-order valence-electron chi connectivity index (χ1n) is 2.72. The van der Waals surface area contributed by atoms with E-state index < -0.39 is 0 Å². The predicted molar refractivity (Wildman–Crippen MR) is 36.6 cm³/mol. The number of nitrogens with zero attached hydrogens (tertiary/aromatic N) is 3. The van der Waals surface area contributed by atoms with E-state index in [1.807, 2.05) is 13.8 Å². The second-order valence-corrected chi connectivity index (χ2v) is 2.06. The van der Waals surface area contributed by atoms with Crippen LogP contribution in [0.2, 0.25) is 0 Å². The highest BCUT2D eigenvalue weighted by Crippen LogP contribution is 2.03. The number of hydrogen-bond donors (Lipinski definition) is 0. The van der Waals surface area contributed by atoms with Gasteiger partial charge in [0.2, 0.25) is 0 Å². The fraction of sp³-hybridized carbons (Fsp3) is 0.667. The number of rotatable bonds is 2. The van der Waals surface area contributed by atoms with Crippen molar-refractivity contribution in [2.45, 2.75) is 19.9 Å². The summed E-state index contributed by atoms with van der Waals surface area (Å²) >= 11 is 0. The van der Waals surface area contributed by atoms with Crippen LogP contribution in [-0.4, -0.2) is 6.04 Å². The minimum atomic E-state index is -0.296. The Morgan fingerprint density at radius 2 is 2.22 bits per heavy atom. The molecular formula is C6H9N3. The number of terminal acetylenes is 1. The van der Waals surface area contributed by atoms with Gasteiger partial charge in [0.15, 0.2) is 0 Å². The molecule has 0 amide bonds. The van der Waals surface area contributed by atoms with Gasteiger partial charge in [0.25, 0.3) is 0 Å². The molecule has 0 saturated carbocycles. The summed E-state index contributed by atoms with van der Waals surface area (Å²) in [4.78, 5) is 2.61. The summed E-state index contributed by atoms with van der Waals surface area (Å²) < 4.78 is 0. The van der Waals surface area contributed by atoms with Crippen LogP contribution < -0.4 is 0 Å². The third kappa shape index (κ3) is 2.63. The lowest BCUT2D eigenvalue weighted by atomic mass is 10.1. The second-order valence-electron chi connectivity index (χ2n) is 2.06. The van der Waals surface area contributed by atoms with Crippen LogP contribution in [0.15, 0.2) is 5.11 Å². The molecule has 48 valence electrons. The summed E-state index contributed by atoms with van der Waals surface area (Å²) in [6.07, 6.45) is 5.04. The summed E-state index contributed by atoms with van der Waals surface area (Å²) in [6.45, 7) is 3.83. The zero-order valence-corrected chi connectivity index (χ0v) is 5.57. The Balaban J connectivity index is 4.03. The van der Waals surface area contributed by atoms with Gasteiger partial charge in [0.1, 0.15) is 6.04 Å². The number of azide groups is 1. The zero-order chi connectivity index (χ0) is 7.28. The minimum absolute atomic E-state index is 0.228. The second kappa shape index (κ2) is 3.82. The Hall–Kier alpha value is -1.13. The van der Waals surface area contributed by atoms with Crippen LogP contribution in [0.4, 0.5) is 0 Å². The van der Waals surface area contributed by atoms with Crippen molar-refractivity contribution in [3.8, 4) is 12.3 Å². The molecule has 0 radical (unpaired) electrons. The molecule has 0 aromatic carbocycles. The van der Waals surface area contributed by atoms with Crippen LogP contribution in [-0.2, 0) is 0 Å². The lowest BCUT2D eigenvalue weighted by molar-refractivity contribution is 0.582. The van der Waals surface area contributed by atoms with Crippen LogP contribution in [0, 0.1) is 18.3 Å². The van der Waals surface area contributed by atoms with Gasteiger partial charge >= 0.3 is 0 Å². The van der Waals surface area contributed by atoms with Gasteiger partial charge in [-0.1, -0.05) is 24.9 Å². The first-order valence-corrected chi connectivity index (χ1v) is 2.72. The SMILES string of the molecule is C#CC(N=[N+]=[N-])C(C)C. The Labute approximate surface area is 54.7 Å². The molecule has 9 heavy (non-hydrogen) atoms. The van der Waals surface area contributed by atoms with Gasteiger partial charge in [0.05, 0.1) is 0 Å². The highest BCUT2D eigenvalue weighted by molar-refractivity contribution is 5.00. The molecule has 3 heteroatoms. The van der Waals surface area contributed by atoms with Crippen LogP contribution in [0.3, 0.4) is 0 Å². The molecule has 0 aliphatic rings. The molecule has 0 aromatic rings. The molecule has 1 unspecified atom stereocenters. The molecule has 0 rings (SSSR count). The molecule has 0 heterocycles. The van der Waals surface area contributed by atoms with E-state index in [0.717, 1.165) is 0 Å². The Morgan fingerprint density at radius 3 is 2.33 bits per heavy atom. The summed E-state index contributed by atoms with van der Waals surface area (Å²) in [5.41, 5.74) is 7.98. The molecule has 0 aromatic heterocycles. The van der Waals surface area contributed by atoms with Gasteiger partial charge in [0, 0.05) is 4.91 Å². The molecule has 0 N–H and O–H groups in total. The van der Waals surface area contributed by atoms with Crippen LogP contribution in [0.5, 0.6) is 0 Å². The predicted octanol–water partition coefficient (Wildman–Crippen LogP) is 1.95. The van der Waals surface area contributed by atoms with Crippen molar-refractivity contribution in [1.29, 1.82) is 0 Å². The average molecular weight is 123 g/mol. The van der Waals surface area contributed by atoms with E-state index in [4.69, 9.17) is 12.0 Å². The quantitative estimate of drug-likeness (QED) is 0.233. The van der Waals surface area contributed by atoms with Crippen molar-refractivity contribution in [3.63, 3.8) is 0 Å². The highest BCUT2D eigenvalue weighted by atomic mass is 15.1. The Kier molecular flexibility index (Phi) is 3.34. The standard InChI is InChI=1S/C6H9N3/c1-4-6(5(2)3)8-9-7/h1,5-6H,2-3H3. The van der Waals surface area contributed by atoms with Crippen molar-refractivity contribution < 1.29 is 0 Å². The summed E-state index contributed by atoms with van der Waals surface area (Å²) in [5, 5.41) is 3.39. The maximum atomic E-state index is 7.98. The van der Waals surface area contributed by atoms with Crippen LogP contribution in [0.25, 0.3) is 10.4 Å². The van der Waals surface area contributed by atoms with E-state index in [0.29, 0.717) is 0 Å². The van der Waals surface area contributed by atoms with Gasteiger partial charge in [-0.3, -0.25) is 0 Å². The van der Waals surface area contributed by atoms with Gasteiger partial charge in [-0.05, 0) is 11.4 Å². The maximum absolute atomic E-state index is 7.98. The van der Waals surface area contributed by atoms with E-state index in [1.54, 1.807) is 0 Å². The minimum Gasteiger partial charge on any atom is -0.120 e. The third-order valence-corrected chi connectivity index (χ3v) is 0.978. The smallest absolute Gasteiger partial charge is 0.101 e. The first-order chi connectivity index (χ1) is 4.22. The van der Waals surface area contributed by atoms with Gasteiger partial charge < -0.3 is 0 Å². The molecule has 0 bridgehead atoms. The van der Waals surface area contributed by atoms with Crippen molar-refractivity contribution in [2.75, 3.05) is 0 Å². The number of hydrogen-bond acceptors (Lipinski definition) is 1. The van der Waals surface area contributed by atoms with Crippen molar-refractivity contribution in [2.24, 2.45) is 11.0 Å². The Bertz CT molecular complexity index is 160. The summed E-state index contributed by atoms with van der Waals surface area (Å²) in [7, 11) is 0. The zero-order valence-electron chi connectivity index (χ0n) is 5.57. The topological polar surface area (TPSA) is 48.8 Å². The van der Waals surface area contributed by atoms with E-state index >= 15 is 0 Å². The fourth-order valence-electron chi connectivity index (χ4n) is 0.415. The van der Waals surface area contributed by atoms with E-state index in [1.165, 1.54) is 0 Å². The van der Waals surface area contributed by atoms with Crippen molar-refractivity contribution in [3.05, 3.63) is 10.4 Å². The Morgan fingerprint density at radius 1 is 1.67 bits per heavy atom. The first kappa shape index (κ1) is 7.87. The van der Waals surface area contributed by atoms with Gasteiger partial charge in [-0.2, -0.15) is 0 Å². The fourth-order valence-corrected chi connectivity index (χ4v) is 0.415. The molecule has 3 nitrogen and oxygen atoms in total. The van der Waals surface area contributed by atoms with E-state index in [9.17, 15) is 0 Å². The summed E-state index contributed by atoms with van der Waals surface area (Å²) in [6, 6.07) is -0.296. The van der Waals surface area contributed by atoms with Crippen LogP contribution in [0.1, 0.15) is 13.8 Å². The maximum Gasteiger partial charge on any atom is 0.101 e. The largest absolute Gasteiger partial charge is 0.120 e. The van der Waals surface area contributed by atoms with Gasteiger partial charge in [-0.25, -0.2) is 0 Å². The molecule has 1 atom stereocenters. The highest BCUT2D eigenvalue weighted by Gasteiger charge is 2.05. The van der Waals surface area contributed by atoms with E-state index in [-0.39, 0.29) is 12.0 Å². The van der Waals surface area contributed by atoms with Crippen molar-refractivity contribution >= 4 is 0 Å². The monoisotopic (exact) mass is 123 g/mol. The molecule has 0 aliphatic carbocycles. The normalized spacial score (nSPS) is 11.8. The molecule has 0 aliphatic heterocycles. The van der Waals surface area contributed by atoms with Gasteiger partial charge in [-0.15, -0.1) is 6.42 Å². The lowest BCUT2D eigenvalue weighted by Gasteiger charge is -2.04. The van der Waals surface area contributed by atoms with Crippen LogP contribution >= 0.6 is 0 Å².